The van der Waals surface area contributed by atoms with Gasteiger partial charge in [0.25, 0.3) is 0 Å². The van der Waals surface area contributed by atoms with E-state index < -0.39 is 0 Å². The van der Waals surface area contributed by atoms with Crippen molar-refractivity contribution in [1.82, 2.24) is 0 Å². The molecule has 0 aliphatic carbocycles. The van der Waals surface area contributed by atoms with Gasteiger partial charge in [0.05, 0.1) is 6.61 Å². The molecule has 0 bridgehead atoms. The Kier molecular flexibility index (Phi) is 3.26. The van der Waals surface area contributed by atoms with Crippen molar-refractivity contribution in [2.75, 3.05) is 0 Å². The summed E-state index contributed by atoms with van der Waals surface area (Å²) in [6.45, 7) is 2.08. The third-order valence-electron chi connectivity index (χ3n) is 1.73. The Morgan fingerprint density at radius 1 is 1.42 bits per heavy atom. The molecule has 0 aromatic heterocycles. The summed E-state index contributed by atoms with van der Waals surface area (Å²) in [5.41, 5.74) is 7.80. The lowest BCUT2D eigenvalue weighted by Crippen LogP contribution is -2.17. The van der Waals surface area contributed by atoms with Gasteiger partial charge in [0, 0.05) is 6.04 Å². The Labute approximate surface area is 73.0 Å². The first-order chi connectivity index (χ1) is 5.72. The Bertz CT molecular complexity index is 245. The van der Waals surface area contributed by atoms with Crippen LogP contribution in [0.15, 0.2) is 24.3 Å². The van der Waals surface area contributed by atoms with E-state index in [2.05, 4.69) is 0 Å². The molecule has 0 unspecified atom stereocenters. The molecule has 0 saturated heterocycles. The Morgan fingerprint density at radius 3 is 2.67 bits per heavy atom. The molecular formula is C10H15NO. The van der Waals surface area contributed by atoms with Crippen molar-refractivity contribution in [2.24, 2.45) is 5.73 Å². The van der Waals surface area contributed by atoms with E-state index in [1.807, 2.05) is 31.2 Å². The summed E-state index contributed by atoms with van der Waals surface area (Å²) in [7, 11) is 0. The predicted octanol–water partition coefficient (Wildman–Crippen LogP) is 1.07. The van der Waals surface area contributed by atoms with Gasteiger partial charge < -0.3 is 10.8 Å². The van der Waals surface area contributed by atoms with E-state index in [0.29, 0.717) is 0 Å². The lowest BCUT2D eigenvalue weighted by Gasteiger charge is -2.05. The van der Waals surface area contributed by atoms with Crippen molar-refractivity contribution in [1.29, 1.82) is 0 Å². The van der Waals surface area contributed by atoms with Gasteiger partial charge in [-0.1, -0.05) is 24.3 Å². The zero-order chi connectivity index (χ0) is 8.97. The molecule has 12 heavy (non-hydrogen) atoms. The van der Waals surface area contributed by atoms with Gasteiger partial charge in [-0.15, -0.1) is 0 Å². The highest BCUT2D eigenvalue weighted by atomic mass is 16.3. The second kappa shape index (κ2) is 4.24. The summed E-state index contributed by atoms with van der Waals surface area (Å²) in [4.78, 5) is 0. The highest BCUT2D eigenvalue weighted by molar-refractivity contribution is 5.23. The average Bonchev–Trinajstić information content (AvgIpc) is 2.03. The molecule has 0 radical (unpaired) electrons. The molecule has 0 aliphatic heterocycles. The van der Waals surface area contributed by atoms with E-state index in [4.69, 9.17) is 10.8 Å². The zero-order valence-electron chi connectivity index (χ0n) is 7.33. The quantitative estimate of drug-likeness (QED) is 0.703. The summed E-state index contributed by atoms with van der Waals surface area (Å²) in [6, 6.07) is 8.05. The third-order valence-corrected chi connectivity index (χ3v) is 1.73. The maximum Gasteiger partial charge on any atom is 0.0681 e. The molecule has 1 aromatic carbocycles. The lowest BCUT2D eigenvalue weighted by molar-refractivity contribution is 0.281. The van der Waals surface area contributed by atoms with Gasteiger partial charge in [0.2, 0.25) is 0 Å². The van der Waals surface area contributed by atoms with Crippen LogP contribution < -0.4 is 5.73 Å². The van der Waals surface area contributed by atoms with Gasteiger partial charge in [-0.05, 0) is 24.5 Å². The van der Waals surface area contributed by atoms with Crippen LogP contribution in [0.4, 0.5) is 0 Å². The molecule has 2 nitrogen and oxygen atoms in total. The van der Waals surface area contributed by atoms with Crippen LogP contribution in [0.25, 0.3) is 0 Å². The van der Waals surface area contributed by atoms with Gasteiger partial charge in [-0.25, -0.2) is 0 Å². The summed E-state index contributed by atoms with van der Waals surface area (Å²) >= 11 is 0. The molecule has 1 aromatic rings. The number of benzene rings is 1. The van der Waals surface area contributed by atoms with Gasteiger partial charge in [-0.3, -0.25) is 0 Å². The topological polar surface area (TPSA) is 46.2 Å². The van der Waals surface area contributed by atoms with E-state index in [0.717, 1.165) is 12.0 Å². The standard InChI is InChI=1S/C10H15NO/c1-8(11)5-9-3-2-4-10(6-9)7-12/h2-4,6,8,12H,5,7,11H2,1H3/t8-/m0/s1. The van der Waals surface area contributed by atoms with E-state index in [-0.39, 0.29) is 12.6 Å². The van der Waals surface area contributed by atoms with Crippen molar-refractivity contribution in [3.05, 3.63) is 35.4 Å². The smallest absolute Gasteiger partial charge is 0.0681 e. The normalized spacial score (nSPS) is 12.9. The van der Waals surface area contributed by atoms with Crippen LogP contribution in [-0.2, 0) is 13.0 Å². The van der Waals surface area contributed by atoms with Crippen LogP contribution in [0.3, 0.4) is 0 Å². The SMILES string of the molecule is C[C@H](N)Cc1cccc(CO)c1. The van der Waals surface area contributed by atoms with Gasteiger partial charge in [-0.2, -0.15) is 0 Å². The maximum absolute atomic E-state index is 8.86. The van der Waals surface area contributed by atoms with Crippen molar-refractivity contribution >= 4 is 0 Å². The number of hydrogen-bond donors (Lipinski definition) is 2. The number of aliphatic hydroxyl groups is 1. The monoisotopic (exact) mass is 165 g/mol. The second-order valence-corrected chi connectivity index (χ2v) is 3.16. The highest BCUT2D eigenvalue weighted by Gasteiger charge is 1.98. The molecule has 1 rings (SSSR count). The molecule has 0 aliphatic rings. The Morgan fingerprint density at radius 2 is 2.08 bits per heavy atom. The minimum absolute atomic E-state index is 0.104. The number of hydrogen-bond acceptors (Lipinski definition) is 2. The average molecular weight is 165 g/mol. The summed E-state index contributed by atoms with van der Waals surface area (Å²) < 4.78 is 0. The zero-order valence-corrected chi connectivity index (χ0v) is 7.33. The van der Waals surface area contributed by atoms with Gasteiger partial charge in [0.1, 0.15) is 0 Å². The van der Waals surface area contributed by atoms with E-state index in [9.17, 15) is 0 Å². The minimum atomic E-state index is 0.104. The van der Waals surface area contributed by atoms with Crippen LogP contribution >= 0.6 is 0 Å². The van der Waals surface area contributed by atoms with Crippen molar-refractivity contribution in [3.8, 4) is 0 Å². The van der Waals surface area contributed by atoms with E-state index in [1.54, 1.807) is 0 Å². The van der Waals surface area contributed by atoms with Gasteiger partial charge >= 0.3 is 0 Å². The first-order valence-corrected chi connectivity index (χ1v) is 4.16. The van der Waals surface area contributed by atoms with Crippen molar-refractivity contribution < 1.29 is 5.11 Å². The van der Waals surface area contributed by atoms with Crippen LogP contribution in [-0.4, -0.2) is 11.1 Å². The maximum atomic E-state index is 8.86. The predicted molar refractivity (Wildman–Crippen MR) is 49.7 cm³/mol. The van der Waals surface area contributed by atoms with Crippen LogP contribution in [0.5, 0.6) is 0 Å². The van der Waals surface area contributed by atoms with Crippen LogP contribution in [0, 0.1) is 0 Å². The molecule has 0 spiro atoms. The number of rotatable bonds is 3. The van der Waals surface area contributed by atoms with Gasteiger partial charge in [0.15, 0.2) is 0 Å². The third kappa shape index (κ3) is 2.64. The molecule has 66 valence electrons. The summed E-state index contributed by atoms with van der Waals surface area (Å²) in [5.74, 6) is 0. The summed E-state index contributed by atoms with van der Waals surface area (Å²) in [5, 5.41) is 8.86. The fraction of sp³-hybridized carbons (Fsp3) is 0.400. The first kappa shape index (κ1) is 9.23. The first-order valence-electron chi connectivity index (χ1n) is 4.16. The summed E-state index contributed by atoms with van der Waals surface area (Å²) in [6.07, 6.45) is 0.869. The number of nitrogens with two attached hydrogens (primary N) is 1. The molecule has 0 amide bonds. The van der Waals surface area contributed by atoms with Crippen molar-refractivity contribution in [2.45, 2.75) is 26.0 Å². The van der Waals surface area contributed by atoms with E-state index >= 15 is 0 Å². The molecule has 2 heteroatoms. The molecule has 0 saturated carbocycles. The van der Waals surface area contributed by atoms with Crippen LogP contribution in [0.2, 0.25) is 0 Å². The second-order valence-electron chi connectivity index (χ2n) is 3.16. The Balaban J connectivity index is 2.72. The lowest BCUT2D eigenvalue weighted by atomic mass is 10.1. The molecule has 1 atom stereocenters. The molecule has 3 N–H and O–H groups in total. The fourth-order valence-electron chi connectivity index (χ4n) is 1.23. The number of aliphatic hydroxyl groups excluding tert-OH is 1. The fourth-order valence-corrected chi connectivity index (χ4v) is 1.23. The van der Waals surface area contributed by atoms with Crippen molar-refractivity contribution in [3.63, 3.8) is 0 Å². The largest absolute Gasteiger partial charge is 0.392 e. The molecule has 0 fully saturated rings. The highest BCUT2D eigenvalue weighted by Crippen LogP contribution is 2.06. The molecular weight excluding hydrogens is 150 g/mol. The van der Waals surface area contributed by atoms with Crippen LogP contribution in [0.1, 0.15) is 18.1 Å². The van der Waals surface area contributed by atoms with E-state index in [1.165, 1.54) is 5.56 Å². The minimum Gasteiger partial charge on any atom is -0.392 e. The Hall–Kier alpha value is -0.860. The molecule has 0 heterocycles.